The van der Waals surface area contributed by atoms with Crippen LogP contribution < -0.4 is 9.52 Å². The first-order chi connectivity index (χ1) is 16.8. The monoisotopic (exact) mass is 513 g/mol. The van der Waals surface area contributed by atoms with Crippen molar-refractivity contribution >= 4 is 49.1 Å². The van der Waals surface area contributed by atoms with Gasteiger partial charge in [-0.3, -0.25) is 14.3 Å². The molecule has 0 aliphatic carbocycles. The van der Waals surface area contributed by atoms with Gasteiger partial charge in [0.2, 0.25) is 0 Å². The molecule has 0 fully saturated rings. The first-order valence-corrected chi connectivity index (χ1v) is 12.8. The molecule has 3 aromatic carbocycles. The van der Waals surface area contributed by atoms with Crippen molar-refractivity contribution < 1.29 is 27.1 Å². The molecular formula is C24H20FN3O5S2. The zero-order valence-electron chi connectivity index (χ0n) is 18.5. The van der Waals surface area contributed by atoms with Crippen LogP contribution in [0.2, 0.25) is 0 Å². The zero-order chi connectivity index (χ0) is 25.0. The predicted octanol–water partition coefficient (Wildman–Crippen LogP) is 3.95. The smallest absolute Gasteiger partial charge is 0.326 e. The van der Waals surface area contributed by atoms with Crippen LogP contribution in [0.25, 0.3) is 10.2 Å². The lowest BCUT2D eigenvalue weighted by molar-refractivity contribution is -0.143. The van der Waals surface area contributed by atoms with Crippen molar-refractivity contribution in [3.8, 4) is 0 Å². The molecule has 0 radical (unpaired) electrons. The van der Waals surface area contributed by atoms with E-state index >= 15 is 0 Å². The molecule has 180 valence electrons. The van der Waals surface area contributed by atoms with E-state index in [4.69, 9.17) is 4.74 Å². The number of nitrogens with zero attached hydrogens (tertiary/aromatic N) is 2. The Morgan fingerprint density at radius 3 is 2.40 bits per heavy atom. The minimum absolute atomic E-state index is 0.0892. The molecule has 0 saturated carbocycles. The first kappa shape index (κ1) is 24.3. The number of carbonyl (C=O) groups is 2. The maximum atomic E-state index is 13.1. The van der Waals surface area contributed by atoms with Crippen molar-refractivity contribution in [2.75, 3.05) is 11.3 Å². The highest BCUT2D eigenvalue weighted by atomic mass is 32.2. The van der Waals surface area contributed by atoms with Crippen LogP contribution in [-0.2, 0) is 26.1 Å². The topological polar surface area (TPSA) is 107 Å². The molecule has 0 atom stereocenters. The number of hydrogen-bond donors (Lipinski definition) is 1. The number of esters is 1. The third kappa shape index (κ3) is 5.64. The van der Waals surface area contributed by atoms with Gasteiger partial charge in [0.25, 0.3) is 15.9 Å². The number of hydrogen-bond acceptors (Lipinski definition) is 6. The van der Waals surface area contributed by atoms with E-state index in [0.717, 1.165) is 34.5 Å². The van der Waals surface area contributed by atoms with Crippen LogP contribution in [0.15, 0.2) is 82.7 Å². The number of ether oxygens (including phenoxy) is 1. The first-order valence-electron chi connectivity index (χ1n) is 10.5. The number of aromatic nitrogens is 1. The zero-order valence-corrected chi connectivity index (χ0v) is 20.1. The predicted molar refractivity (Wildman–Crippen MR) is 130 cm³/mol. The lowest BCUT2D eigenvalue weighted by atomic mass is 10.2. The maximum Gasteiger partial charge on any atom is 0.326 e. The highest BCUT2D eigenvalue weighted by Gasteiger charge is 2.15. The number of nitrogens with one attached hydrogen (secondary N) is 1. The molecule has 0 bridgehead atoms. The molecule has 1 aromatic heterocycles. The Labute approximate surface area is 204 Å². The van der Waals surface area contributed by atoms with E-state index in [1.807, 2.05) is 24.3 Å². The molecule has 0 aliphatic rings. The fourth-order valence-electron chi connectivity index (χ4n) is 3.25. The van der Waals surface area contributed by atoms with Gasteiger partial charge in [0.1, 0.15) is 12.4 Å². The number of para-hydroxylation sites is 1. The van der Waals surface area contributed by atoms with Gasteiger partial charge >= 0.3 is 5.97 Å². The van der Waals surface area contributed by atoms with Crippen molar-refractivity contribution in [1.29, 1.82) is 0 Å². The van der Waals surface area contributed by atoms with E-state index < -0.39 is 27.7 Å². The van der Waals surface area contributed by atoms with Crippen LogP contribution in [-0.4, -0.2) is 31.5 Å². The van der Waals surface area contributed by atoms with Crippen molar-refractivity contribution in [1.82, 2.24) is 4.57 Å². The fraction of sp³-hybridized carbons (Fsp3) is 0.125. The molecular weight excluding hydrogens is 493 g/mol. The summed E-state index contributed by atoms with van der Waals surface area (Å²) in [5.74, 6) is -1.54. The third-order valence-corrected chi connectivity index (χ3v) is 7.34. The number of thiazole rings is 1. The molecule has 8 nitrogen and oxygen atoms in total. The SMILES string of the molecule is CCOC(=O)Cn1c(=NC(=O)c2ccc(NS(=O)(=O)c3ccc(F)cc3)cc2)sc2ccccc21. The van der Waals surface area contributed by atoms with Crippen molar-refractivity contribution in [2.45, 2.75) is 18.4 Å². The summed E-state index contributed by atoms with van der Waals surface area (Å²) in [6.07, 6.45) is 0. The van der Waals surface area contributed by atoms with Gasteiger partial charge in [0, 0.05) is 11.3 Å². The normalized spacial score (nSPS) is 12.0. The van der Waals surface area contributed by atoms with E-state index in [1.165, 1.54) is 35.6 Å². The fourth-order valence-corrected chi connectivity index (χ4v) is 5.34. The largest absolute Gasteiger partial charge is 0.465 e. The van der Waals surface area contributed by atoms with Crippen LogP contribution in [0.3, 0.4) is 0 Å². The number of amides is 1. The second-order valence-electron chi connectivity index (χ2n) is 7.30. The summed E-state index contributed by atoms with van der Waals surface area (Å²) >= 11 is 1.27. The van der Waals surface area contributed by atoms with Gasteiger partial charge in [-0.2, -0.15) is 4.99 Å². The quantitative estimate of drug-likeness (QED) is 0.377. The van der Waals surface area contributed by atoms with Gasteiger partial charge in [0.15, 0.2) is 4.80 Å². The van der Waals surface area contributed by atoms with Crippen LogP contribution in [0.4, 0.5) is 10.1 Å². The second kappa shape index (κ2) is 10.2. The van der Waals surface area contributed by atoms with E-state index in [1.54, 1.807) is 11.5 Å². The number of halogens is 1. The summed E-state index contributed by atoms with van der Waals surface area (Å²) in [6.45, 7) is 1.87. The summed E-state index contributed by atoms with van der Waals surface area (Å²) in [5, 5.41) is 0. The number of sulfonamides is 1. The third-order valence-electron chi connectivity index (χ3n) is 4.89. The molecule has 0 unspecified atom stereocenters. The van der Waals surface area contributed by atoms with Gasteiger partial charge in [-0.05, 0) is 67.6 Å². The summed E-state index contributed by atoms with van der Waals surface area (Å²) < 4.78 is 47.9. The second-order valence-corrected chi connectivity index (χ2v) is 9.99. The van der Waals surface area contributed by atoms with Crippen LogP contribution in [0.1, 0.15) is 17.3 Å². The Bertz CT molecular complexity index is 1560. The number of anilines is 1. The van der Waals surface area contributed by atoms with E-state index in [2.05, 4.69) is 9.71 Å². The van der Waals surface area contributed by atoms with Gasteiger partial charge in [-0.15, -0.1) is 0 Å². The Kier molecular flexibility index (Phi) is 7.08. The van der Waals surface area contributed by atoms with Crippen molar-refractivity contribution in [3.05, 3.63) is 89.0 Å². The highest BCUT2D eigenvalue weighted by Crippen LogP contribution is 2.19. The van der Waals surface area contributed by atoms with Gasteiger partial charge in [0.05, 0.1) is 21.7 Å². The minimum atomic E-state index is -3.92. The summed E-state index contributed by atoms with van der Waals surface area (Å²) in [4.78, 5) is 29.4. The Balaban J connectivity index is 1.59. The molecule has 0 spiro atoms. The number of carbonyl (C=O) groups excluding carboxylic acids is 2. The van der Waals surface area contributed by atoms with Crippen LogP contribution in [0.5, 0.6) is 0 Å². The molecule has 11 heteroatoms. The highest BCUT2D eigenvalue weighted by molar-refractivity contribution is 7.92. The Morgan fingerprint density at radius 2 is 1.71 bits per heavy atom. The molecule has 4 aromatic rings. The standard InChI is InChI=1S/C24H20FN3O5S2/c1-2-33-22(29)15-28-20-5-3-4-6-21(20)34-24(28)26-23(30)16-7-11-18(12-8-16)27-35(31,32)19-13-9-17(25)10-14-19/h3-14,27H,2,15H2,1H3. The number of rotatable bonds is 7. The summed E-state index contributed by atoms with van der Waals surface area (Å²) in [5.41, 5.74) is 1.21. The summed E-state index contributed by atoms with van der Waals surface area (Å²) in [6, 6.07) is 17.6. The minimum Gasteiger partial charge on any atom is -0.465 e. The van der Waals surface area contributed by atoms with E-state index in [9.17, 15) is 22.4 Å². The molecule has 1 N–H and O–H groups in total. The maximum absolute atomic E-state index is 13.1. The molecule has 0 aliphatic heterocycles. The van der Waals surface area contributed by atoms with E-state index in [0.29, 0.717) is 4.80 Å². The molecule has 35 heavy (non-hydrogen) atoms. The van der Waals surface area contributed by atoms with Gasteiger partial charge in [-0.25, -0.2) is 12.8 Å². The number of benzene rings is 3. The molecule has 1 amide bonds. The lowest BCUT2D eigenvalue weighted by Gasteiger charge is -2.08. The molecule has 1 heterocycles. The average molecular weight is 514 g/mol. The van der Waals surface area contributed by atoms with Crippen LogP contribution >= 0.6 is 11.3 Å². The molecule has 0 saturated heterocycles. The average Bonchev–Trinajstić information content (AvgIpc) is 3.16. The number of fused-ring (bicyclic) bond motifs is 1. The van der Waals surface area contributed by atoms with Crippen molar-refractivity contribution in [2.24, 2.45) is 4.99 Å². The van der Waals surface area contributed by atoms with Crippen molar-refractivity contribution in [3.63, 3.8) is 0 Å². The van der Waals surface area contributed by atoms with E-state index in [-0.39, 0.29) is 29.3 Å². The Morgan fingerprint density at radius 1 is 1.03 bits per heavy atom. The van der Waals surface area contributed by atoms with Gasteiger partial charge < -0.3 is 9.30 Å². The Hall–Kier alpha value is -3.83. The lowest BCUT2D eigenvalue weighted by Crippen LogP contribution is -2.23. The van der Waals surface area contributed by atoms with Gasteiger partial charge in [-0.1, -0.05) is 23.5 Å². The molecule has 4 rings (SSSR count). The van der Waals surface area contributed by atoms with Crippen LogP contribution in [0, 0.1) is 5.82 Å². The summed E-state index contributed by atoms with van der Waals surface area (Å²) in [7, 11) is -3.92.